The van der Waals surface area contributed by atoms with Gasteiger partial charge in [0.15, 0.2) is 5.13 Å². The van der Waals surface area contributed by atoms with Crippen molar-refractivity contribution in [3.05, 3.63) is 82.4 Å². The number of aryl methyl sites for hydroxylation is 1. The van der Waals surface area contributed by atoms with Crippen molar-refractivity contribution in [3.63, 3.8) is 0 Å². The molecule has 0 spiro atoms. The van der Waals surface area contributed by atoms with Gasteiger partial charge in [0.1, 0.15) is 5.54 Å². The first-order chi connectivity index (χ1) is 17.6. The minimum Gasteiger partial charge on any atom is -0.375 e. The van der Waals surface area contributed by atoms with Gasteiger partial charge in [0.25, 0.3) is 0 Å². The molecule has 3 aromatic rings. The summed E-state index contributed by atoms with van der Waals surface area (Å²) in [6, 6.07) is 17.3. The van der Waals surface area contributed by atoms with E-state index in [1.807, 2.05) is 6.07 Å². The van der Waals surface area contributed by atoms with E-state index >= 15 is 0 Å². The molecule has 3 atom stereocenters. The van der Waals surface area contributed by atoms with E-state index in [2.05, 4.69) is 15.0 Å². The van der Waals surface area contributed by atoms with Crippen LogP contribution in [0.15, 0.2) is 60.7 Å². The lowest BCUT2D eigenvalue weighted by Gasteiger charge is -2.37. The van der Waals surface area contributed by atoms with Crippen LogP contribution < -0.4 is 21.5 Å². The lowest BCUT2D eigenvalue weighted by molar-refractivity contribution is -0.135. The van der Waals surface area contributed by atoms with E-state index in [1.54, 1.807) is 54.6 Å². The maximum absolute atomic E-state index is 13.5. The fraction of sp³-hybridized carbons (Fsp3) is 0.346. The van der Waals surface area contributed by atoms with E-state index in [1.165, 1.54) is 18.3 Å². The van der Waals surface area contributed by atoms with Crippen molar-refractivity contribution in [2.45, 2.75) is 49.9 Å². The van der Waals surface area contributed by atoms with Crippen LogP contribution >= 0.6 is 11.3 Å². The zero-order valence-electron chi connectivity index (χ0n) is 20.5. The van der Waals surface area contributed by atoms with Gasteiger partial charge in [-0.3, -0.25) is 9.59 Å². The molecule has 1 aliphatic rings. The monoisotopic (exact) mass is 541 g/mol. The highest BCUT2D eigenvalue weighted by Crippen LogP contribution is 2.30. The number of thiazole rings is 1. The third kappa shape index (κ3) is 6.35. The summed E-state index contributed by atoms with van der Waals surface area (Å²) in [6.45, 7) is 1.53. The zero-order chi connectivity index (χ0) is 26.6. The Morgan fingerprint density at radius 3 is 2.35 bits per heavy atom. The molecular weight excluding hydrogens is 510 g/mol. The first kappa shape index (κ1) is 26.8. The van der Waals surface area contributed by atoms with Crippen LogP contribution in [0.2, 0.25) is 0 Å². The fourth-order valence-electron chi connectivity index (χ4n) is 4.72. The summed E-state index contributed by atoms with van der Waals surface area (Å²) in [5, 5.41) is 3.50. The van der Waals surface area contributed by atoms with Gasteiger partial charge >= 0.3 is 0 Å². The number of nitrogens with two attached hydrogens (primary N) is 2. The Labute approximate surface area is 220 Å². The van der Waals surface area contributed by atoms with Crippen LogP contribution in [0.3, 0.4) is 0 Å². The van der Waals surface area contributed by atoms with Crippen molar-refractivity contribution < 1.29 is 18.0 Å². The number of nitrogen functional groups attached to an aromatic ring is 1. The molecule has 0 saturated heterocycles. The van der Waals surface area contributed by atoms with Gasteiger partial charge in [0.05, 0.1) is 17.4 Å². The van der Waals surface area contributed by atoms with Crippen molar-refractivity contribution in [1.29, 1.82) is 0 Å². The standard InChI is InChI=1S/C26H31N5O4S2/c1-17(23(32)29-20-12-13-21-22(14-20)36-25(28)30-21)26(24(27)33,15-18-8-4-2-5-9-18)31-37(34,35)16-19-10-6-3-7-11-19/h2-11,17,20,31H,12-16H2,1H3,(H2,27,33)(H2,28,30)(H,29,32)/t17-,20?,26-/m1/s1. The number of nitrogens with zero attached hydrogens (tertiary/aromatic N) is 1. The summed E-state index contributed by atoms with van der Waals surface area (Å²) in [7, 11) is -4.06. The second-order valence-corrected chi connectivity index (χ2v) is 12.3. The zero-order valence-corrected chi connectivity index (χ0v) is 22.1. The van der Waals surface area contributed by atoms with Crippen molar-refractivity contribution in [3.8, 4) is 0 Å². The van der Waals surface area contributed by atoms with E-state index < -0.39 is 33.3 Å². The van der Waals surface area contributed by atoms with Crippen LogP contribution in [-0.2, 0) is 44.6 Å². The van der Waals surface area contributed by atoms with Gasteiger partial charge in [-0.05, 0) is 24.0 Å². The Kier molecular flexibility index (Phi) is 7.96. The average Bonchev–Trinajstić information content (AvgIpc) is 3.23. The van der Waals surface area contributed by atoms with Crippen molar-refractivity contribution >= 4 is 38.3 Å². The number of benzene rings is 2. The minimum atomic E-state index is -4.06. The highest BCUT2D eigenvalue weighted by molar-refractivity contribution is 7.88. The van der Waals surface area contributed by atoms with Crippen LogP contribution in [-0.4, -0.2) is 36.8 Å². The van der Waals surface area contributed by atoms with Crippen LogP contribution in [0.1, 0.15) is 35.0 Å². The summed E-state index contributed by atoms with van der Waals surface area (Å²) in [5.41, 5.74) is 12.0. The minimum absolute atomic E-state index is 0.0774. The second-order valence-electron chi connectivity index (χ2n) is 9.44. The predicted octanol–water partition coefficient (Wildman–Crippen LogP) is 1.92. The molecule has 0 bridgehead atoms. The van der Waals surface area contributed by atoms with E-state index in [0.717, 1.165) is 10.6 Å². The summed E-state index contributed by atoms with van der Waals surface area (Å²) in [5.74, 6) is -2.83. The van der Waals surface area contributed by atoms with Crippen LogP contribution in [0, 0.1) is 5.92 Å². The Morgan fingerprint density at radius 2 is 1.73 bits per heavy atom. The lowest BCUT2D eigenvalue weighted by Crippen LogP contribution is -2.66. The Balaban J connectivity index is 1.61. The van der Waals surface area contributed by atoms with Crippen molar-refractivity contribution in [2.24, 2.45) is 11.7 Å². The smallest absolute Gasteiger partial charge is 0.239 e. The Hall–Kier alpha value is -3.28. The molecule has 196 valence electrons. The molecule has 1 aliphatic carbocycles. The lowest BCUT2D eigenvalue weighted by atomic mass is 9.79. The van der Waals surface area contributed by atoms with E-state index in [9.17, 15) is 18.0 Å². The normalized spacial score (nSPS) is 17.8. The maximum atomic E-state index is 13.5. The molecule has 1 heterocycles. The number of anilines is 1. The fourth-order valence-corrected chi connectivity index (χ4v) is 7.29. The number of carbonyl (C=O) groups excluding carboxylic acids is 2. The predicted molar refractivity (Wildman–Crippen MR) is 144 cm³/mol. The van der Waals surface area contributed by atoms with Gasteiger partial charge in [-0.25, -0.2) is 13.4 Å². The van der Waals surface area contributed by atoms with Gasteiger partial charge in [0, 0.05) is 23.8 Å². The molecule has 2 aromatic carbocycles. The topological polar surface area (TPSA) is 157 Å². The number of hydrogen-bond acceptors (Lipinski definition) is 7. The number of aromatic nitrogens is 1. The van der Waals surface area contributed by atoms with Crippen LogP contribution in [0.5, 0.6) is 0 Å². The molecule has 1 unspecified atom stereocenters. The van der Waals surface area contributed by atoms with Gasteiger partial charge in [-0.2, -0.15) is 4.72 Å². The molecule has 1 aromatic heterocycles. The molecule has 0 fully saturated rings. The molecule has 4 rings (SSSR count). The molecule has 0 aliphatic heterocycles. The number of carbonyl (C=O) groups is 2. The molecule has 0 saturated carbocycles. The summed E-state index contributed by atoms with van der Waals surface area (Å²) in [6.07, 6.45) is 1.84. The Morgan fingerprint density at radius 1 is 1.11 bits per heavy atom. The summed E-state index contributed by atoms with van der Waals surface area (Å²) < 4.78 is 29.2. The third-order valence-corrected chi connectivity index (χ3v) is 9.08. The number of primary amides is 1. The average molecular weight is 542 g/mol. The molecular formula is C26H31N5O4S2. The van der Waals surface area contributed by atoms with Crippen LogP contribution in [0.25, 0.3) is 0 Å². The first-order valence-electron chi connectivity index (χ1n) is 12.0. The van der Waals surface area contributed by atoms with E-state index in [-0.39, 0.29) is 18.2 Å². The molecule has 11 heteroatoms. The molecule has 9 nitrogen and oxygen atoms in total. The van der Waals surface area contributed by atoms with Gasteiger partial charge in [0.2, 0.25) is 21.8 Å². The Bertz CT molecular complexity index is 1360. The maximum Gasteiger partial charge on any atom is 0.239 e. The summed E-state index contributed by atoms with van der Waals surface area (Å²) in [4.78, 5) is 31.9. The van der Waals surface area contributed by atoms with Gasteiger partial charge in [-0.1, -0.05) is 67.6 Å². The first-order valence-corrected chi connectivity index (χ1v) is 14.5. The highest BCUT2D eigenvalue weighted by Gasteiger charge is 2.48. The number of amides is 2. The number of hydrogen-bond donors (Lipinski definition) is 4. The largest absolute Gasteiger partial charge is 0.375 e. The van der Waals surface area contributed by atoms with E-state index in [4.69, 9.17) is 11.5 Å². The number of rotatable bonds is 10. The molecule has 0 radical (unpaired) electrons. The SMILES string of the molecule is C[C@H](C(=O)NC1CCc2nc(N)sc2C1)[C@@](Cc1ccccc1)(NS(=O)(=O)Cc1ccccc1)C(N)=O. The van der Waals surface area contributed by atoms with Gasteiger partial charge in [-0.15, -0.1) is 11.3 Å². The molecule has 6 N–H and O–H groups in total. The molecule has 2 amide bonds. The number of sulfonamides is 1. The van der Waals surface area contributed by atoms with E-state index in [0.29, 0.717) is 35.5 Å². The van der Waals surface area contributed by atoms with Crippen molar-refractivity contribution in [1.82, 2.24) is 15.0 Å². The quantitative estimate of drug-likeness (QED) is 0.307. The number of fused-ring (bicyclic) bond motifs is 1. The van der Waals surface area contributed by atoms with Gasteiger partial charge < -0.3 is 16.8 Å². The number of nitrogens with one attached hydrogen (secondary N) is 2. The molecule has 37 heavy (non-hydrogen) atoms. The van der Waals surface area contributed by atoms with Crippen molar-refractivity contribution in [2.75, 3.05) is 5.73 Å². The highest BCUT2D eigenvalue weighted by atomic mass is 32.2. The van der Waals surface area contributed by atoms with Crippen LogP contribution in [0.4, 0.5) is 5.13 Å². The second kappa shape index (κ2) is 11.0. The summed E-state index contributed by atoms with van der Waals surface area (Å²) >= 11 is 1.40. The third-order valence-electron chi connectivity index (χ3n) is 6.74.